The first-order valence-corrected chi connectivity index (χ1v) is 10.2. The van der Waals surface area contributed by atoms with Crippen LogP contribution >= 0.6 is 0 Å². The van der Waals surface area contributed by atoms with Gasteiger partial charge in [-0.25, -0.2) is 4.79 Å². The van der Waals surface area contributed by atoms with E-state index in [0.29, 0.717) is 18.2 Å². The zero-order chi connectivity index (χ0) is 20.1. The first-order chi connectivity index (χ1) is 13.5. The number of aryl methyl sites for hydroxylation is 1. The van der Waals surface area contributed by atoms with E-state index in [4.69, 9.17) is 4.74 Å². The van der Waals surface area contributed by atoms with Crippen molar-refractivity contribution in [1.29, 1.82) is 0 Å². The number of anilines is 1. The third-order valence-electron chi connectivity index (χ3n) is 5.57. The molecule has 28 heavy (non-hydrogen) atoms. The molecule has 0 spiro atoms. The van der Waals surface area contributed by atoms with Gasteiger partial charge in [-0.05, 0) is 63.9 Å². The smallest absolute Gasteiger partial charge is 0.338 e. The molecule has 0 aliphatic heterocycles. The number of rotatable bonds is 7. The molecule has 5 nitrogen and oxygen atoms in total. The van der Waals surface area contributed by atoms with Crippen LogP contribution in [0.1, 0.15) is 77.2 Å². The maximum absolute atomic E-state index is 12.8. The van der Waals surface area contributed by atoms with Gasteiger partial charge in [0, 0.05) is 28.7 Å². The molecule has 3 rings (SSSR count). The van der Waals surface area contributed by atoms with Gasteiger partial charge < -0.3 is 14.6 Å². The highest BCUT2D eigenvalue weighted by Gasteiger charge is 2.22. The van der Waals surface area contributed by atoms with E-state index in [2.05, 4.69) is 23.7 Å². The van der Waals surface area contributed by atoms with Gasteiger partial charge in [-0.3, -0.25) is 4.79 Å². The van der Waals surface area contributed by atoms with Crippen LogP contribution in [0.25, 0.3) is 0 Å². The van der Waals surface area contributed by atoms with Crippen LogP contribution < -0.4 is 5.32 Å². The Morgan fingerprint density at radius 2 is 1.79 bits per heavy atom. The summed E-state index contributed by atoms with van der Waals surface area (Å²) < 4.78 is 7.35. The second-order valence-corrected chi connectivity index (χ2v) is 7.52. The SMILES string of the molecule is CCOC(=O)c1ccc(NCC(=O)c2cc(C)n(C3CCCCC3)c2C)cc1. The number of carbonyl (C=O) groups is 2. The monoisotopic (exact) mass is 382 g/mol. The average molecular weight is 383 g/mol. The topological polar surface area (TPSA) is 60.3 Å². The van der Waals surface area contributed by atoms with E-state index in [9.17, 15) is 9.59 Å². The lowest BCUT2D eigenvalue weighted by Crippen LogP contribution is -2.18. The molecule has 1 aromatic carbocycles. The minimum Gasteiger partial charge on any atom is -0.462 e. The van der Waals surface area contributed by atoms with Crippen LogP contribution in [0.5, 0.6) is 0 Å². The zero-order valence-corrected chi connectivity index (χ0v) is 17.1. The maximum atomic E-state index is 12.8. The molecule has 0 atom stereocenters. The van der Waals surface area contributed by atoms with Gasteiger partial charge >= 0.3 is 5.97 Å². The summed E-state index contributed by atoms with van der Waals surface area (Å²) >= 11 is 0. The van der Waals surface area contributed by atoms with Gasteiger partial charge in [0.25, 0.3) is 0 Å². The van der Waals surface area contributed by atoms with E-state index in [1.165, 1.54) is 37.8 Å². The summed E-state index contributed by atoms with van der Waals surface area (Å²) in [4.78, 5) is 24.5. The third kappa shape index (κ3) is 4.46. The van der Waals surface area contributed by atoms with Crippen molar-refractivity contribution < 1.29 is 14.3 Å². The Morgan fingerprint density at radius 1 is 1.11 bits per heavy atom. The van der Waals surface area contributed by atoms with Crippen molar-refractivity contribution in [2.45, 2.75) is 58.9 Å². The summed E-state index contributed by atoms with van der Waals surface area (Å²) in [6.45, 7) is 6.52. The highest BCUT2D eigenvalue weighted by molar-refractivity contribution is 6.00. The van der Waals surface area contributed by atoms with Gasteiger partial charge in [-0.15, -0.1) is 0 Å². The number of nitrogens with one attached hydrogen (secondary N) is 1. The van der Waals surface area contributed by atoms with Crippen molar-refractivity contribution in [2.75, 3.05) is 18.5 Å². The minimum absolute atomic E-state index is 0.0876. The molecule has 0 radical (unpaired) electrons. The molecule has 1 fully saturated rings. The van der Waals surface area contributed by atoms with E-state index in [1.54, 1.807) is 31.2 Å². The average Bonchev–Trinajstić information content (AvgIpc) is 3.01. The van der Waals surface area contributed by atoms with Crippen LogP contribution in [0.4, 0.5) is 5.69 Å². The fraction of sp³-hybridized carbons (Fsp3) is 0.478. The largest absolute Gasteiger partial charge is 0.462 e. The van der Waals surface area contributed by atoms with Crippen molar-refractivity contribution >= 4 is 17.4 Å². The van der Waals surface area contributed by atoms with Gasteiger partial charge in [0.15, 0.2) is 5.78 Å². The van der Waals surface area contributed by atoms with E-state index in [1.807, 2.05) is 6.07 Å². The molecule has 1 aromatic heterocycles. The molecular formula is C23H30N2O3. The Kier molecular flexibility index (Phi) is 6.55. The van der Waals surface area contributed by atoms with E-state index < -0.39 is 0 Å². The van der Waals surface area contributed by atoms with Crippen molar-refractivity contribution in [2.24, 2.45) is 0 Å². The molecule has 1 heterocycles. The Morgan fingerprint density at radius 3 is 2.43 bits per heavy atom. The zero-order valence-electron chi connectivity index (χ0n) is 17.1. The number of hydrogen-bond donors (Lipinski definition) is 1. The number of Topliss-reactive ketones (excluding diaryl/α,β-unsaturated/α-hetero) is 1. The molecule has 1 saturated carbocycles. The lowest BCUT2D eigenvalue weighted by Gasteiger charge is -2.26. The van der Waals surface area contributed by atoms with Crippen molar-refractivity contribution in [3.05, 3.63) is 52.8 Å². The normalized spacial score (nSPS) is 14.7. The first-order valence-electron chi connectivity index (χ1n) is 10.2. The third-order valence-corrected chi connectivity index (χ3v) is 5.57. The molecule has 2 aromatic rings. The summed E-state index contributed by atoms with van der Waals surface area (Å²) in [6.07, 6.45) is 6.27. The van der Waals surface area contributed by atoms with Crippen LogP contribution in [0.15, 0.2) is 30.3 Å². The number of esters is 1. The molecule has 0 saturated heterocycles. The van der Waals surface area contributed by atoms with E-state index in [0.717, 1.165) is 16.9 Å². The van der Waals surface area contributed by atoms with Crippen molar-refractivity contribution in [3.8, 4) is 0 Å². The predicted octanol–water partition coefficient (Wildman–Crippen LogP) is 5.08. The number of ether oxygens (including phenoxy) is 1. The molecule has 0 amide bonds. The molecule has 0 bridgehead atoms. The predicted molar refractivity (Wildman–Crippen MR) is 111 cm³/mol. The van der Waals surface area contributed by atoms with E-state index in [-0.39, 0.29) is 18.3 Å². The van der Waals surface area contributed by atoms with E-state index >= 15 is 0 Å². The summed E-state index contributed by atoms with van der Waals surface area (Å²) in [6, 6.07) is 9.56. The van der Waals surface area contributed by atoms with Gasteiger partial charge in [0.1, 0.15) is 0 Å². The Hall–Kier alpha value is -2.56. The highest BCUT2D eigenvalue weighted by Crippen LogP contribution is 2.32. The van der Waals surface area contributed by atoms with Gasteiger partial charge in [-0.2, -0.15) is 0 Å². The molecule has 5 heteroatoms. The second kappa shape index (κ2) is 9.09. The number of benzene rings is 1. The molecular weight excluding hydrogens is 352 g/mol. The number of aromatic nitrogens is 1. The summed E-state index contributed by atoms with van der Waals surface area (Å²) in [5.74, 6) is -0.245. The number of carbonyl (C=O) groups excluding carboxylic acids is 2. The minimum atomic E-state index is -0.333. The molecule has 150 valence electrons. The number of hydrogen-bond acceptors (Lipinski definition) is 4. The molecule has 1 N–H and O–H groups in total. The standard InChI is InChI=1S/C23H30N2O3/c1-4-28-23(27)18-10-12-19(13-11-18)24-15-22(26)21-14-16(2)25(17(21)3)20-8-6-5-7-9-20/h10-14,20,24H,4-9,15H2,1-3H3. The molecule has 0 unspecified atom stereocenters. The lowest BCUT2D eigenvalue weighted by molar-refractivity contribution is 0.0526. The summed E-state index contributed by atoms with van der Waals surface area (Å²) in [5.41, 5.74) is 4.37. The first kappa shape index (κ1) is 20.2. The lowest BCUT2D eigenvalue weighted by atomic mass is 9.95. The molecule has 1 aliphatic rings. The summed E-state index contributed by atoms with van der Waals surface area (Å²) in [5, 5.41) is 3.17. The van der Waals surface area contributed by atoms with Crippen LogP contribution in [-0.2, 0) is 4.74 Å². The van der Waals surface area contributed by atoms with Crippen molar-refractivity contribution in [3.63, 3.8) is 0 Å². The maximum Gasteiger partial charge on any atom is 0.338 e. The fourth-order valence-electron chi connectivity index (χ4n) is 4.18. The van der Waals surface area contributed by atoms with Gasteiger partial charge in [0.05, 0.1) is 18.7 Å². The van der Waals surface area contributed by atoms with Gasteiger partial charge in [-0.1, -0.05) is 19.3 Å². The van der Waals surface area contributed by atoms with Gasteiger partial charge in [0.2, 0.25) is 0 Å². The molecule has 1 aliphatic carbocycles. The van der Waals surface area contributed by atoms with Crippen LogP contribution in [0.2, 0.25) is 0 Å². The Bertz CT molecular complexity index is 830. The number of nitrogens with zero attached hydrogens (tertiary/aromatic N) is 1. The van der Waals surface area contributed by atoms with Crippen LogP contribution in [0, 0.1) is 13.8 Å². The Balaban J connectivity index is 1.64. The number of ketones is 1. The quantitative estimate of drug-likeness (QED) is 0.536. The van der Waals surface area contributed by atoms with Crippen molar-refractivity contribution in [1.82, 2.24) is 4.57 Å². The highest BCUT2D eigenvalue weighted by atomic mass is 16.5. The second-order valence-electron chi connectivity index (χ2n) is 7.52. The van der Waals surface area contributed by atoms with Crippen LogP contribution in [0.3, 0.4) is 0 Å². The fourth-order valence-corrected chi connectivity index (χ4v) is 4.18. The Labute approximate surface area is 167 Å². The summed E-state index contributed by atoms with van der Waals surface area (Å²) in [7, 11) is 0. The van der Waals surface area contributed by atoms with Crippen LogP contribution in [-0.4, -0.2) is 29.5 Å².